The van der Waals surface area contributed by atoms with Crippen LogP contribution in [0.2, 0.25) is 0 Å². The fourth-order valence-corrected chi connectivity index (χ4v) is 2.69. The highest BCUT2D eigenvalue weighted by Crippen LogP contribution is 2.24. The summed E-state index contributed by atoms with van der Waals surface area (Å²) in [5.74, 6) is -0.765. The molecule has 0 amide bonds. The summed E-state index contributed by atoms with van der Waals surface area (Å²) in [5.41, 5.74) is 0. The van der Waals surface area contributed by atoms with Crippen molar-refractivity contribution in [2.75, 3.05) is 6.54 Å². The highest BCUT2D eigenvalue weighted by molar-refractivity contribution is 5.66. The molecule has 2 N–H and O–H groups in total. The third-order valence-corrected chi connectivity index (χ3v) is 3.62. The zero-order valence-electron chi connectivity index (χ0n) is 10.9. The van der Waals surface area contributed by atoms with E-state index in [1.54, 1.807) is 0 Å². The van der Waals surface area contributed by atoms with Crippen LogP contribution in [-0.4, -0.2) is 45.8 Å². The predicted molar refractivity (Wildman–Crippen MR) is 67.0 cm³/mol. The van der Waals surface area contributed by atoms with Gasteiger partial charge in [-0.3, -0.25) is 9.69 Å². The number of aliphatic carboxylic acids is 1. The van der Waals surface area contributed by atoms with Crippen molar-refractivity contribution in [2.45, 2.75) is 70.6 Å². The van der Waals surface area contributed by atoms with Crippen LogP contribution in [0.3, 0.4) is 0 Å². The minimum absolute atomic E-state index is 0.136. The fourth-order valence-electron chi connectivity index (χ4n) is 2.69. The molecular weight excluding hydrogens is 218 g/mol. The number of hydrogen-bond donors (Lipinski definition) is 2. The minimum Gasteiger partial charge on any atom is -0.481 e. The van der Waals surface area contributed by atoms with Gasteiger partial charge in [-0.05, 0) is 26.7 Å². The van der Waals surface area contributed by atoms with Crippen LogP contribution in [0.5, 0.6) is 0 Å². The molecular formula is C13H25NO3. The Hall–Kier alpha value is -0.610. The first-order valence-corrected chi connectivity index (χ1v) is 6.68. The Morgan fingerprint density at radius 3 is 2.53 bits per heavy atom. The predicted octanol–water partition coefficient (Wildman–Crippen LogP) is 1.87. The summed E-state index contributed by atoms with van der Waals surface area (Å²) in [6, 6.07) is 0.420. The van der Waals surface area contributed by atoms with Crippen molar-refractivity contribution < 1.29 is 15.0 Å². The molecule has 1 aliphatic carbocycles. The summed E-state index contributed by atoms with van der Waals surface area (Å²) in [7, 11) is 0. The van der Waals surface area contributed by atoms with Crippen LogP contribution in [0.4, 0.5) is 0 Å². The van der Waals surface area contributed by atoms with Crippen molar-refractivity contribution in [2.24, 2.45) is 0 Å². The molecule has 2 atom stereocenters. The van der Waals surface area contributed by atoms with Gasteiger partial charge in [-0.1, -0.05) is 19.3 Å². The van der Waals surface area contributed by atoms with Gasteiger partial charge in [-0.2, -0.15) is 0 Å². The maximum atomic E-state index is 10.7. The highest BCUT2D eigenvalue weighted by Gasteiger charge is 2.29. The van der Waals surface area contributed by atoms with E-state index < -0.39 is 5.97 Å². The number of aliphatic hydroxyl groups excluding tert-OH is 1. The van der Waals surface area contributed by atoms with Gasteiger partial charge in [0.25, 0.3) is 0 Å². The maximum Gasteiger partial charge on any atom is 0.304 e. The number of carbonyl (C=O) groups is 1. The number of rotatable bonds is 5. The number of carboxylic acids is 1. The molecule has 0 heterocycles. The van der Waals surface area contributed by atoms with E-state index in [0.29, 0.717) is 6.54 Å². The van der Waals surface area contributed by atoms with Crippen molar-refractivity contribution in [1.29, 1.82) is 0 Å². The Labute approximate surface area is 104 Å². The summed E-state index contributed by atoms with van der Waals surface area (Å²) < 4.78 is 0. The Balaban J connectivity index is 2.63. The standard InChI is InChI=1S/C13H25NO3/c1-10(2)14(9-8-13(16)17)11-6-4-3-5-7-12(11)15/h10-12,15H,3-9H2,1-2H3,(H,16,17). The van der Waals surface area contributed by atoms with E-state index >= 15 is 0 Å². The molecule has 4 heteroatoms. The van der Waals surface area contributed by atoms with Crippen LogP contribution < -0.4 is 0 Å². The van der Waals surface area contributed by atoms with Gasteiger partial charge in [0.2, 0.25) is 0 Å². The first kappa shape index (κ1) is 14.5. The number of hydrogen-bond acceptors (Lipinski definition) is 3. The minimum atomic E-state index is -0.765. The van der Waals surface area contributed by atoms with Gasteiger partial charge in [0, 0.05) is 18.6 Å². The van der Waals surface area contributed by atoms with Crippen LogP contribution in [0.25, 0.3) is 0 Å². The molecule has 0 aliphatic heterocycles. The monoisotopic (exact) mass is 243 g/mol. The Bertz CT molecular complexity index is 243. The molecule has 2 unspecified atom stereocenters. The van der Waals surface area contributed by atoms with Crippen molar-refractivity contribution in [3.8, 4) is 0 Å². The first-order valence-electron chi connectivity index (χ1n) is 6.68. The smallest absolute Gasteiger partial charge is 0.304 e. The van der Waals surface area contributed by atoms with E-state index in [0.717, 1.165) is 25.7 Å². The largest absolute Gasteiger partial charge is 0.481 e. The second kappa shape index (κ2) is 6.97. The maximum absolute atomic E-state index is 10.7. The average molecular weight is 243 g/mol. The SMILES string of the molecule is CC(C)N(CCC(=O)O)C1CCCCCC1O. The summed E-state index contributed by atoms with van der Waals surface area (Å²) in [4.78, 5) is 12.8. The molecule has 0 aromatic heterocycles. The molecule has 0 bridgehead atoms. The normalized spacial score (nSPS) is 26.2. The summed E-state index contributed by atoms with van der Waals surface area (Å²) in [5, 5.41) is 18.9. The Morgan fingerprint density at radius 1 is 1.29 bits per heavy atom. The molecule has 1 fully saturated rings. The van der Waals surface area contributed by atoms with Gasteiger partial charge < -0.3 is 10.2 Å². The third-order valence-electron chi connectivity index (χ3n) is 3.62. The first-order chi connectivity index (χ1) is 8.02. The Morgan fingerprint density at radius 2 is 1.94 bits per heavy atom. The molecule has 0 aromatic carbocycles. The zero-order valence-corrected chi connectivity index (χ0v) is 10.9. The fraction of sp³-hybridized carbons (Fsp3) is 0.923. The molecule has 1 rings (SSSR count). The van der Waals surface area contributed by atoms with E-state index in [-0.39, 0.29) is 24.6 Å². The van der Waals surface area contributed by atoms with Crippen LogP contribution in [0.15, 0.2) is 0 Å². The molecule has 0 spiro atoms. The number of aliphatic hydroxyl groups is 1. The highest BCUT2D eigenvalue weighted by atomic mass is 16.4. The molecule has 4 nitrogen and oxygen atoms in total. The van der Waals surface area contributed by atoms with E-state index in [4.69, 9.17) is 5.11 Å². The summed E-state index contributed by atoms with van der Waals surface area (Å²) in [6.45, 7) is 4.67. The van der Waals surface area contributed by atoms with Crippen molar-refractivity contribution in [3.05, 3.63) is 0 Å². The molecule has 1 aliphatic rings. The summed E-state index contributed by atoms with van der Waals surface area (Å²) in [6.07, 6.45) is 5.09. The van der Waals surface area contributed by atoms with Gasteiger partial charge in [0.1, 0.15) is 0 Å². The lowest BCUT2D eigenvalue weighted by atomic mass is 10.0. The molecule has 0 aromatic rings. The van der Waals surface area contributed by atoms with E-state index in [9.17, 15) is 9.90 Å². The van der Waals surface area contributed by atoms with Gasteiger partial charge in [-0.15, -0.1) is 0 Å². The molecule has 100 valence electrons. The molecule has 17 heavy (non-hydrogen) atoms. The van der Waals surface area contributed by atoms with Crippen LogP contribution >= 0.6 is 0 Å². The second-order valence-corrected chi connectivity index (χ2v) is 5.25. The van der Waals surface area contributed by atoms with E-state index in [1.165, 1.54) is 6.42 Å². The topological polar surface area (TPSA) is 60.8 Å². The lowest BCUT2D eigenvalue weighted by Gasteiger charge is -2.36. The van der Waals surface area contributed by atoms with Crippen LogP contribution in [0, 0.1) is 0 Å². The van der Waals surface area contributed by atoms with Crippen molar-refractivity contribution >= 4 is 5.97 Å². The second-order valence-electron chi connectivity index (χ2n) is 5.25. The number of nitrogens with zero attached hydrogens (tertiary/aromatic N) is 1. The van der Waals surface area contributed by atoms with Crippen molar-refractivity contribution in [1.82, 2.24) is 4.90 Å². The zero-order chi connectivity index (χ0) is 12.8. The quantitative estimate of drug-likeness (QED) is 0.724. The van der Waals surface area contributed by atoms with Gasteiger partial charge in [0.05, 0.1) is 12.5 Å². The lowest BCUT2D eigenvalue weighted by molar-refractivity contribution is -0.137. The van der Waals surface area contributed by atoms with Crippen LogP contribution in [-0.2, 0) is 4.79 Å². The number of carboxylic acid groups (broad SMARTS) is 1. The van der Waals surface area contributed by atoms with Crippen LogP contribution in [0.1, 0.15) is 52.4 Å². The summed E-state index contributed by atoms with van der Waals surface area (Å²) >= 11 is 0. The molecule has 0 saturated heterocycles. The van der Waals surface area contributed by atoms with Crippen molar-refractivity contribution in [3.63, 3.8) is 0 Å². The van der Waals surface area contributed by atoms with E-state index in [1.807, 2.05) is 0 Å². The Kier molecular flexibility index (Phi) is 5.92. The van der Waals surface area contributed by atoms with Gasteiger partial charge in [0.15, 0.2) is 0 Å². The average Bonchev–Trinajstić information content (AvgIpc) is 2.44. The van der Waals surface area contributed by atoms with Gasteiger partial charge in [-0.25, -0.2) is 0 Å². The third kappa shape index (κ3) is 4.64. The molecule has 0 radical (unpaired) electrons. The lowest BCUT2D eigenvalue weighted by Crippen LogP contribution is -2.47. The molecule has 1 saturated carbocycles. The van der Waals surface area contributed by atoms with Gasteiger partial charge >= 0.3 is 5.97 Å². The van der Waals surface area contributed by atoms with E-state index in [2.05, 4.69) is 18.7 Å².